The fourth-order valence-corrected chi connectivity index (χ4v) is 3.79. The summed E-state index contributed by atoms with van der Waals surface area (Å²) >= 11 is 3.79. The number of halogens is 2. The number of rotatable bonds is 6. The molecule has 1 aromatic heterocycles. The zero-order valence-electron chi connectivity index (χ0n) is 13.2. The molecule has 3 nitrogen and oxygen atoms in total. The Morgan fingerprint density at radius 1 is 1.08 bits per heavy atom. The molecule has 1 atom stereocenters. The van der Waals surface area contributed by atoms with E-state index in [0.29, 0.717) is 0 Å². The van der Waals surface area contributed by atoms with E-state index in [-0.39, 0.29) is 24.3 Å². The van der Waals surface area contributed by atoms with Gasteiger partial charge in [-0.3, -0.25) is 10.1 Å². The van der Waals surface area contributed by atoms with Crippen molar-refractivity contribution in [1.29, 1.82) is 0 Å². The monoisotopic (exact) mass is 466 g/mol. The first kappa shape index (κ1) is 18.0. The molecule has 0 radical (unpaired) electrons. The third kappa shape index (κ3) is 4.87. The summed E-state index contributed by atoms with van der Waals surface area (Å²) in [4.78, 5) is 13.4. The van der Waals surface area contributed by atoms with Crippen LogP contribution in [0.3, 0.4) is 0 Å². The Labute approximate surface area is 163 Å². The van der Waals surface area contributed by atoms with Crippen molar-refractivity contribution in [3.8, 4) is 0 Å². The van der Waals surface area contributed by atoms with Crippen molar-refractivity contribution < 1.29 is 9.18 Å². The van der Waals surface area contributed by atoms with Gasteiger partial charge in [0.2, 0.25) is 5.91 Å². The molecule has 1 heterocycles. The van der Waals surface area contributed by atoms with E-state index in [9.17, 15) is 9.18 Å². The van der Waals surface area contributed by atoms with Crippen LogP contribution in [0.15, 0.2) is 66.0 Å². The molecule has 0 aliphatic heterocycles. The molecule has 25 heavy (non-hydrogen) atoms. The summed E-state index contributed by atoms with van der Waals surface area (Å²) < 4.78 is 14.2. The SMILES string of the molecule is O=C(CN[C@@H](c1ccc(F)cc1)c1cccs1)Nc1ccccc1I. The van der Waals surface area contributed by atoms with E-state index in [2.05, 4.69) is 33.2 Å². The van der Waals surface area contributed by atoms with Gasteiger partial charge in [0.1, 0.15) is 5.82 Å². The van der Waals surface area contributed by atoms with E-state index in [0.717, 1.165) is 19.7 Å². The van der Waals surface area contributed by atoms with Gasteiger partial charge >= 0.3 is 0 Å². The summed E-state index contributed by atoms with van der Waals surface area (Å²) in [5.74, 6) is -0.391. The summed E-state index contributed by atoms with van der Waals surface area (Å²) in [5, 5.41) is 8.16. The van der Waals surface area contributed by atoms with E-state index in [4.69, 9.17) is 0 Å². The maximum atomic E-state index is 13.2. The molecule has 0 saturated heterocycles. The molecule has 1 amide bonds. The van der Waals surface area contributed by atoms with Crippen LogP contribution >= 0.6 is 33.9 Å². The summed E-state index contributed by atoms with van der Waals surface area (Å²) in [6, 6.07) is 17.8. The van der Waals surface area contributed by atoms with Gasteiger partial charge in [-0.15, -0.1) is 11.3 Å². The standard InChI is InChI=1S/C19H16FIN2OS/c20-14-9-7-13(8-10-14)19(17-6-3-11-25-17)22-12-18(24)23-16-5-2-1-4-15(16)21/h1-11,19,22H,12H2,(H,23,24)/t19-/m0/s1. The number of carbonyl (C=O) groups excluding carboxylic acids is 1. The van der Waals surface area contributed by atoms with Crippen LogP contribution in [0.2, 0.25) is 0 Å². The molecule has 0 bridgehead atoms. The van der Waals surface area contributed by atoms with Crippen molar-refractivity contribution in [2.75, 3.05) is 11.9 Å². The van der Waals surface area contributed by atoms with Gasteiger partial charge in [-0.2, -0.15) is 0 Å². The van der Waals surface area contributed by atoms with Crippen molar-refractivity contribution in [3.05, 3.63) is 85.9 Å². The molecular weight excluding hydrogens is 450 g/mol. The first-order valence-electron chi connectivity index (χ1n) is 7.70. The number of amides is 1. The average molecular weight is 466 g/mol. The number of hydrogen-bond acceptors (Lipinski definition) is 3. The molecule has 2 N–H and O–H groups in total. The number of carbonyl (C=O) groups is 1. The predicted octanol–water partition coefficient (Wildman–Crippen LogP) is 4.81. The minimum atomic E-state index is -0.273. The minimum Gasteiger partial charge on any atom is -0.324 e. The van der Waals surface area contributed by atoms with Crippen LogP contribution in [0, 0.1) is 9.39 Å². The zero-order chi connectivity index (χ0) is 17.6. The third-order valence-electron chi connectivity index (χ3n) is 3.65. The second-order valence-corrected chi connectivity index (χ2v) is 7.55. The maximum Gasteiger partial charge on any atom is 0.238 e. The van der Waals surface area contributed by atoms with Gasteiger partial charge in [-0.05, 0) is 63.9 Å². The molecule has 0 aliphatic carbocycles. The Kier molecular flexibility index (Phi) is 6.17. The lowest BCUT2D eigenvalue weighted by Crippen LogP contribution is -2.31. The average Bonchev–Trinajstić information content (AvgIpc) is 3.13. The highest BCUT2D eigenvalue weighted by Gasteiger charge is 2.16. The van der Waals surface area contributed by atoms with Gasteiger partial charge in [0.25, 0.3) is 0 Å². The van der Waals surface area contributed by atoms with Crippen molar-refractivity contribution in [2.24, 2.45) is 0 Å². The van der Waals surface area contributed by atoms with Crippen LogP contribution in [0.4, 0.5) is 10.1 Å². The number of hydrogen-bond donors (Lipinski definition) is 2. The van der Waals surface area contributed by atoms with Crippen molar-refractivity contribution >= 4 is 45.5 Å². The van der Waals surface area contributed by atoms with Gasteiger partial charge in [-0.25, -0.2) is 4.39 Å². The van der Waals surface area contributed by atoms with Crippen LogP contribution in [0.1, 0.15) is 16.5 Å². The highest BCUT2D eigenvalue weighted by atomic mass is 127. The number of thiophene rings is 1. The Morgan fingerprint density at radius 2 is 1.84 bits per heavy atom. The predicted molar refractivity (Wildman–Crippen MR) is 108 cm³/mol. The second-order valence-electron chi connectivity index (χ2n) is 5.41. The highest BCUT2D eigenvalue weighted by molar-refractivity contribution is 14.1. The lowest BCUT2D eigenvalue weighted by molar-refractivity contribution is -0.115. The number of anilines is 1. The first-order chi connectivity index (χ1) is 12.1. The molecule has 3 aromatic rings. The quantitative estimate of drug-likeness (QED) is 0.512. The maximum absolute atomic E-state index is 13.2. The van der Waals surface area contributed by atoms with Crippen molar-refractivity contribution in [1.82, 2.24) is 5.32 Å². The van der Waals surface area contributed by atoms with E-state index >= 15 is 0 Å². The summed E-state index contributed by atoms with van der Waals surface area (Å²) in [6.07, 6.45) is 0. The minimum absolute atomic E-state index is 0.118. The molecule has 0 saturated carbocycles. The Morgan fingerprint density at radius 3 is 2.52 bits per heavy atom. The van der Waals surface area contributed by atoms with Gasteiger partial charge in [-0.1, -0.05) is 30.3 Å². The topological polar surface area (TPSA) is 41.1 Å². The number of nitrogens with one attached hydrogen (secondary N) is 2. The van der Waals surface area contributed by atoms with Gasteiger partial charge in [0.05, 0.1) is 18.3 Å². The Balaban J connectivity index is 1.70. The van der Waals surface area contributed by atoms with E-state index < -0.39 is 0 Å². The first-order valence-corrected chi connectivity index (χ1v) is 9.66. The summed E-state index contributed by atoms with van der Waals surface area (Å²) in [5.41, 5.74) is 1.72. The van der Waals surface area contributed by atoms with Crippen LogP contribution in [0.25, 0.3) is 0 Å². The number of benzene rings is 2. The second kappa shape index (κ2) is 8.55. The normalized spacial score (nSPS) is 11.9. The van der Waals surface area contributed by atoms with E-state index in [1.165, 1.54) is 12.1 Å². The molecular formula is C19H16FIN2OS. The summed E-state index contributed by atoms with van der Waals surface area (Å²) in [6.45, 7) is 0.158. The molecule has 0 unspecified atom stereocenters. The smallest absolute Gasteiger partial charge is 0.238 e. The van der Waals surface area contributed by atoms with Crippen LogP contribution in [-0.4, -0.2) is 12.5 Å². The van der Waals surface area contributed by atoms with Gasteiger partial charge < -0.3 is 5.32 Å². The highest BCUT2D eigenvalue weighted by Crippen LogP contribution is 2.26. The largest absolute Gasteiger partial charge is 0.324 e. The van der Waals surface area contributed by atoms with Crippen LogP contribution in [-0.2, 0) is 4.79 Å². The van der Waals surface area contributed by atoms with Gasteiger partial charge in [0, 0.05) is 8.45 Å². The van der Waals surface area contributed by atoms with E-state index in [1.54, 1.807) is 23.5 Å². The lowest BCUT2D eigenvalue weighted by atomic mass is 10.1. The van der Waals surface area contributed by atoms with Gasteiger partial charge in [0.15, 0.2) is 0 Å². The zero-order valence-corrected chi connectivity index (χ0v) is 16.2. The summed E-state index contributed by atoms with van der Waals surface area (Å²) in [7, 11) is 0. The molecule has 0 aliphatic rings. The van der Waals surface area contributed by atoms with Crippen LogP contribution < -0.4 is 10.6 Å². The molecule has 2 aromatic carbocycles. The Bertz CT molecular complexity index is 837. The van der Waals surface area contributed by atoms with Crippen molar-refractivity contribution in [2.45, 2.75) is 6.04 Å². The fourth-order valence-electron chi connectivity index (χ4n) is 2.45. The third-order valence-corrected chi connectivity index (χ3v) is 5.52. The fraction of sp³-hybridized carbons (Fsp3) is 0.105. The lowest BCUT2D eigenvalue weighted by Gasteiger charge is -2.18. The van der Waals surface area contributed by atoms with Crippen molar-refractivity contribution in [3.63, 3.8) is 0 Å². The Hall–Kier alpha value is -1.77. The van der Waals surface area contributed by atoms with E-state index in [1.807, 2.05) is 41.8 Å². The molecule has 6 heteroatoms. The molecule has 0 fully saturated rings. The number of para-hydroxylation sites is 1. The van der Waals surface area contributed by atoms with Crippen LogP contribution in [0.5, 0.6) is 0 Å². The molecule has 128 valence electrons. The molecule has 3 rings (SSSR count). The molecule has 0 spiro atoms.